The van der Waals surface area contributed by atoms with E-state index in [1.165, 1.54) is 30.6 Å². The number of hydrogen-bond donors (Lipinski definition) is 1. The molecule has 20 heavy (non-hydrogen) atoms. The van der Waals surface area contributed by atoms with Crippen LogP contribution in [0.5, 0.6) is 0 Å². The molecule has 0 saturated carbocycles. The molecule has 2 fully saturated rings. The standard InChI is InChI=1S/C16H24N2OS/c1-18(7-6-15-3-2-8-20-15)16(19)11-12-9-13-4-5-14(10-12)17-13/h2-3,8,12-14,17H,4-7,9-11H2,1H3. The number of fused-ring (bicyclic) bond motifs is 2. The Kier molecular flexibility index (Phi) is 4.41. The number of nitrogens with one attached hydrogen (secondary N) is 1. The van der Waals surface area contributed by atoms with Gasteiger partial charge in [0.1, 0.15) is 0 Å². The molecule has 3 heterocycles. The maximum absolute atomic E-state index is 12.3. The Hall–Kier alpha value is -0.870. The van der Waals surface area contributed by atoms with Crippen LogP contribution in [0.4, 0.5) is 0 Å². The fourth-order valence-corrected chi connectivity index (χ4v) is 4.30. The molecule has 0 spiro atoms. The van der Waals surface area contributed by atoms with Gasteiger partial charge < -0.3 is 10.2 Å². The third kappa shape index (κ3) is 3.41. The molecule has 3 rings (SSSR count). The summed E-state index contributed by atoms with van der Waals surface area (Å²) in [6, 6.07) is 5.59. The van der Waals surface area contributed by atoms with E-state index >= 15 is 0 Å². The molecular formula is C16H24N2OS. The largest absolute Gasteiger partial charge is 0.345 e. The maximum atomic E-state index is 12.3. The number of amides is 1. The first-order valence-electron chi connectivity index (χ1n) is 7.73. The van der Waals surface area contributed by atoms with Crippen molar-refractivity contribution in [2.24, 2.45) is 5.92 Å². The first-order valence-corrected chi connectivity index (χ1v) is 8.61. The molecule has 2 unspecified atom stereocenters. The molecule has 2 aliphatic heterocycles. The zero-order valence-corrected chi connectivity index (χ0v) is 13.0. The van der Waals surface area contributed by atoms with Gasteiger partial charge in [-0.15, -0.1) is 11.3 Å². The van der Waals surface area contributed by atoms with Crippen LogP contribution in [0.3, 0.4) is 0 Å². The van der Waals surface area contributed by atoms with Crippen molar-refractivity contribution in [3.05, 3.63) is 22.4 Å². The lowest BCUT2D eigenvalue weighted by atomic mass is 9.89. The third-order valence-electron chi connectivity index (χ3n) is 4.73. The second-order valence-corrected chi connectivity index (χ2v) is 7.36. The van der Waals surface area contributed by atoms with Crippen molar-refractivity contribution in [1.29, 1.82) is 0 Å². The molecule has 3 nitrogen and oxygen atoms in total. The second-order valence-electron chi connectivity index (χ2n) is 6.32. The van der Waals surface area contributed by atoms with Crippen molar-refractivity contribution in [3.63, 3.8) is 0 Å². The summed E-state index contributed by atoms with van der Waals surface area (Å²) in [6.45, 7) is 0.844. The van der Waals surface area contributed by atoms with Crippen LogP contribution in [0.2, 0.25) is 0 Å². The van der Waals surface area contributed by atoms with Crippen LogP contribution in [0.25, 0.3) is 0 Å². The first kappa shape index (κ1) is 14.1. The molecule has 1 N–H and O–H groups in total. The molecule has 0 aromatic carbocycles. The highest BCUT2D eigenvalue weighted by Gasteiger charge is 2.34. The minimum Gasteiger partial charge on any atom is -0.345 e. The molecule has 0 radical (unpaired) electrons. The Labute approximate surface area is 125 Å². The highest BCUT2D eigenvalue weighted by atomic mass is 32.1. The van der Waals surface area contributed by atoms with Gasteiger partial charge in [0.15, 0.2) is 0 Å². The van der Waals surface area contributed by atoms with Gasteiger partial charge in [0.25, 0.3) is 0 Å². The fraction of sp³-hybridized carbons (Fsp3) is 0.688. The van der Waals surface area contributed by atoms with Crippen molar-refractivity contribution in [2.45, 2.75) is 50.6 Å². The summed E-state index contributed by atoms with van der Waals surface area (Å²) in [5.41, 5.74) is 0. The Morgan fingerprint density at radius 1 is 1.40 bits per heavy atom. The second kappa shape index (κ2) is 6.27. The summed E-state index contributed by atoms with van der Waals surface area (Å²) in [5.74, 6) is 0.929. The van der Waals surface area contributed by atoms with E-state index in [4.69, 9.17) is 0 Å². The van der Waals surface area contributed by atoms with Crippen LogP contribution in [0, 0.1) is 5.92 Å². The molecule has 2 saturated heterocycles. The summed E-state index contributed by atoms with van der Waals surface area (Å²) in [4.78, 5) is 15.6. The highest BCUT2D eigenvalue weighted by Crippen LogP contribution is 2.32. The quantitative estimate of drug-likeness (QED) is 0.905. The minimum absolute atomic E-state index is 0.327. The van der Waals surface area contributed by atoms with E-state index in [1.807, 2.05) is 11.9 Å². The van der Waals surface area contributed by atoms with E-state index in [0.29, 0.717) is 23.9 Å². The zero-order chi connectivity index (χ0) is 13.9. The van der Waals surface area contributed by atoms with Crippen molar-refractivity contribution in [1.82, 2.24) is 10.2 Å². The van der Waals surface area contributed by atoms with Gasteiger partial charge in [-0.25, -0.2) is 0 Å². The summed E-state index contributed by atoms with van der Waals surface area (Å²) in [5, 5.41) is 5.74. The highest BCUT2D eigenvalue weighted by molar-refractivity contribution is 7.09. The lowest BCUT2D eigenvalue weighted by molar-refractivity contribution is -0.131. The van der Waals surface area contributed by atoms with Crippen molar-refractivity contribution >= 4 is 17.2 Å². The van der Waals surface area contributed by atoms with Crippen molar-refractivity contribution < 1.29 is 4.79 Å². The Balaban J connectivity index is 1.44. The number of carbonyl (C=O) groups is 1. The van der Waals surface area contributed by atoms with E-state index in [1.54, 1.807) is 11.3 Å². The van der Waals surface area contributed by atoms with E-state index in [-0.39, 0.29) is 0 Å². The molecular weight excluding hydrogens is 268 g/mol. The van der Waals surface area contributed by atoms with Gasteiger partial charge in [0.05, 0.1) is 0 Å². The van der Waals surface area contributed by atoms with Crippen LogP contribution in [0.1, 0.15) is 37.0 Å². The normalized spacial score (nSPS) is 28.6. The molecule has 110 valence electrons. The topological polar surface area (TPSA) is 32.3 Å². The lowest BCUT2D eigenvalue weighted by Gasteiger charge is -2.30. The van der Waals surface area contributed by atoms with Crippen LogP contribution in [-0.2, 0) is 11.2 Å². The first-order chi connectivity index (χ1) is 9.70. The Bertz CT molecular complexity index is 433. The van der Waals surface area contributed by atoms with Gasteiger partial charge in [-0.3, -0.25) is 4.79 Å². The molecule has 2 aliphatic rings. The third-order valence-corrected chi connectivity index (χ3v) is 5.67. The molecule has 4 heteroatoms. The average molecular weight is 292 g/mol. The van der Waals surface area contributed by atoms with E-state index in [2.05, 4.69) is 22.8 Å². The van der Waals surface area contributed by atoms with E-state index < -0.39 is 0 Å². The summed E-state index contributed by atoms with van der Waals surface area (Å²) >= 11 is 1.77. The average Bonchev–Trinajstić information content (AvgIpc) is 3.06. The van der Waals surface area contributed by atoms with Gasteiger partial charge in [0, 0.05) is 37.0 Å². The molecule has 1 aromatic heterocycles. The molecule has 1 aromatic rings. The molecule has 2 bridgehead atoms. The van der Waals surface area contributed by atoms with Gasteiger partial charge in [0.2, 0.25) is 5.91 Å². The monoisotopic (exact) mass is 292 g/mol. The maximum Gasteiger partial charge on any atom is 0.222 e. The summed E-state index contributed by atoms with van der Waals surface area (Å²) in [7, 11) is 1.95. The van der Waals surface area contributed by atoms with E-state index in [0.717, 1.165) is 19.4 Å². The number of nitrogens with zero attached hydrogens (tertiary/aromatic N) is 1. The Morgan fingerprint density at radius 2 is 2.15 bits per heavy atom. The fourth-order valence-electron chi connectivity index (χ4n) is 3.60. The predicted molar refractivity (Wildman–Crippen MR) is 82.9 cm³/mol. The minimum atomic E-state index is 0.327. The number of hydrogen-bond acceptors (Lipinski definition) is 3. The van der Waals surface area contributed by atoms with Crippen LogP contribution in [0.15, 0.2) is 17.5 Å². The zero-order valence-electron chi connectivity index (χ0n) is 12.2. The van der Waals surface area contributed by atoms with E-state index in [9.17, 15) is 4.79 Å². The lowest BCUT2D eigenvalue weighted by Crippen LogP contribution is -2.40. The van der Waals surface area contributed by atoms with Crippen molar-refractivity contribution in [2.75, 3.05) is 13.6 Å². The van der Waals surface area contributed by atoms with Crippen LogP contribution in [-0.4, -0.2) is 36.5 Å². The van der Waals surface area contributed by atoms with Gasteiger partial charge >= 0.3 is 0 Å². The van der Waals surface area contributed by atoms with Gasteiger partial charge in [-0.05, 0) is 49.5 Å². The molecule has 1 amide bonds. The SMILES string of the molecule is CN(CCc1cccs1)C(=O)CC1CC2CCC(C1)N2. The Morgan fingerprint density at radius 3 is 2.80 bits per heavy atom. The number of thiophene rings is 1. The number of carbonyl (C=O) groups excluding carboxylic acids is 1. The van der Waals surface area contributed by atoms with Crippen LogP contribution < -0.4 is 5.32 Å². The van der Waals surface area contributed by atoms with Gasteiger partial charge in [-0.1, -0.05) is 6.07 Å². The predicted octanol–water partition coefficient (Wildman–Crippen LogP) is 2.67. The van der Waals surface area contributed by atoms with Gasteiger partial charge in [-0.2, -0.15) is 0 Å². The van der Waals surface area contributed by atoms with Crippen LogP contribution >= 0.6 is 11.3 Å². The summed E-state index contributed by atoms with van der Waals surface area (Å²) < 4.78 is 0. The molecule has 0 aliphatic carbocycles. The summed E-state index contributed by atoms with van der Waals surface area (Å²) in [6.07, 6.45) is 6.74. The smallest absolute Gasteiger partial charge is 0.222 e. The number of likely N-dealkylation sites (N-methyl/N-ethyl adjacent to an activating group) is 1. The number of piperidine rings is 1. The van der Waals surface area contributed by atoms with Crippen molar-refractivity contribution in [3.8, 4) is 0 Å². The molecule has 2 atom stereocenters. The number of rotatable bonds is 5.